The first-order valence-electron chi connectivity index (χ1n) is 5.48. The summed E-state index contributed by atoms with van der Waals surface area (Å²) in [6.45, 7) is 1.48. The van der Waals surface area contributed by atoms with E-state index in [0.717, 1.165) is 0 Å². The summed E-state index contributed by atoms with van der Waals surface area (Å²) < 4.78 is 18.2. The number of nitrogens with one attached hydrogen (secondary N) is 2. The van der Waals surface area contributed by atoms with Crippen molar-refractivity contribution < 1.29 is 18.7 Å². The number of hydrogen-bond acceptors (Lipinski definition) is 4. The molecule has 0 radical (unpaired) electrons. The van der Waals surface area contributed by atoms with E-state index in [1.807, 2.05) is 22.6 Å². The second kappa shape index (κ2) is 7.27. The van der Waals surface area contributed by atoms with Crippen LogP contribution >= 0.6 is 22.6 Å². The van der Waals surface area contributed by atoms with E-state index in [1.54, 1.807) is 6.07 Å². The van der Waals surface area contributed by atoms with Crippen molar-refractivity contribution >= 4 is 40.2 Å². The zero-order valence-electron chi connectivity index (χ0n) is 10.5. The first-order valence-corrected chi connectivity index (χ1v) is 6.55. The van der Waals surface area contributed by atoms with Crippen LogP contribution in [0, 0.1) is 9.39 Å². The number of ether oxygens (including phenoxy) is 1. The van der Waals surface area contributed by atoms with Gasteiger partial charge in [-0.1, -0.05) is 0 Å². The van der Waals surface area contributed by atoms with Crippen LogP contribution in [0.3, 0.4) is 0 Å². The van der Waals surface area contributed by atoms with Crippen molar-refractivity contribution in [2.45, 2.75) is 13.0 Å². The fourth-order valence-electron chi connectivity index (χ4n) is 1.43. The van der Waals surface area contributed by atoms with Crippen LogP contribution in [0.15, 0.2) is 18.2 Å². The number of methoxy groups -OCH3 is 1. The number of amides is 1. The molecular formula is C12H14FIN2O3. The largest absolute Gasteiger partial charge is 0.467 e. The summed E-state index contributed by atoms with van der Waals surface area (Å²) >= 11 is 1.98. The normalized spacial score (nSPS) is 11.6. The van der Waals surface area contributed by atoms with E-state index in [2.05, 4.69) is 15.4 Å². The van der Waals surface area contributed by atoms with Crippen LogP contribution in [0.4, 0.5) is 10.1 Å². The quantitative estimate of drug-likeness (QED) is 0.601. The Morgan fingerprint density at radius 1 is 1.47 bits per heavy atom. The predicted octanol–water partition coefficient (Wildman–Crippen LogP) is 1.52. The van der Waals surface area contributed by atoms with Crippen molar-refractivity contribution in [3.63, 3.8) is 0 Å². The van der Waals surface area contributed by atoms with Crippen LogP contribution in [0.1, 0.15) is 6.92 Å². The van der Waals surface area contributed by atoms with E-state index in [9.17, 15) is 14.0 Å². The second-order valence-electron chi connectivity index (χ2n) is 3.78. The van der Waals surface area contributed by atoms with Crippen molar-refractivity contribution in [2.75, 3.05) is 19.0 Å². The Kier molecular flexibility index (Phi) is 6.00. The van der Waals surface area contributed by atoms with E-state index in [4.69, 9.17) is 0 Å². The van der Waals surface area contributed by atoms with E-state index in [1.165, 1.54) is 26.2 Å². The molecule has 1 aromatic rings. The summed E-state index contributed by atoms with van der Waals surface area (Å²) in [6, 6.07) is 3.47. The molecule has 0 aromatic heterocycles. The Morgan fingerprint density at radius 2 is 2.16 bits per heavy atom. The van der Waals surface area contributed by atoms with E-state index in [0.29, 0.717) is 9.26 Å². The maximum Gasteiger partial charge on any atom is 0.330 e. The third-order valence-corrected chi connectivity index (χ3v) is 3.18. The average molecular weight is 380 g/mol. The van der Waals surface area contributed by atoms with Gasteiger partial charge < -0.3 is 15.4 Å². The molecule has 1 unspecified atom stereocenters. The van der Waals surface area contributed by atoms with Crippen LogP contribution in [-0.4, -0.2) is 31.6 Å². The van der Waals surface area contributed by atoms with Crippen molar-refractivity contribution in [2.24, 2.45) is 0 Å². The molecule has 0 aliphatic rings. The minimum atomic E-state index is -0.789. The van der Waals surface area contributed by atoms with Gasteiger partial charge in [-0.15, -0.1) is 0 Å². The fourth-order valence-corrected chi connectivity index (χ4v) is 2.09. The molecule has 2 N–H and O–H groups in total. The number of anilines is 1. The lowest BCUT2D eigenvalue weighted by Gasteiger charge is -2.17. The van der Waals surface area contributed by atoms with E-state index >= 15 is 0 Å². The molecule has 0 saturated heterocycles. The van der Waals surface area contributed by atoms with Crippen molar-refractivity contribution in [3.05, 3.63) is 27.6 Å². The zero-order valence-corrected chi connectivity index (χ0v) is 12.7. The highest BCUT2D eigenvalue weighted by Gasteiger charge is 2.20. The SMILES string of the molecule is COC(=O)C(CNc1ccc(F)cc1I)NC(C)=O. The van der Waals surface area contributed by atoms with Gasteiger partial charge in [0.1, 0.15) is 11.9 Å². The predicted molar refractivity (Wildman–Crippen MR) is 77.2 cm³/mol. The molecule has 1 rings (SSSR count). The molecule has 1 amide bonds. The average Bonchev–Trinajstić information content (AvgIpc) is 2.34. The Labute approximate surface area is 124 Å². The van der Waals surface area contributed by atoms with Gasteiger partial charge in [-0.05, 0) is 40.8 Å². The van der Waals surface area contributed by atoms with Gasteiger partial charge in [0.15, 0.2) is 0 Å². The lowest BCUT2D eigenvalue weighted by molar-refractivity contribution is -0.144. The lowest BCUT2D eigenvalue weighted by Crippen LogP contribution is -2.45. The second-order valence-corrected chi connectivity index (χ2v) is 4.94. The molecule has 0 saturated carbocycles. The Bertz CT molecular complexity index is 482. The number of carbonyl (C=O) groups is 2. The summed E-state index contributed by atoms with van der Waals surface area (Å²) in [4.78, 5) is 22.5. The Hall–Kier alpha value is -1.38. The monoisotopic (exact) mass is 380 g/mol. The first-order chi connectivity index (χ1) is 8.93. The number of hydrogen-bond donors (Lipinski definition) is 2. The summed E-state index contributed by atoms with van der Waals surface area (Å²) in [6.07, 6.45) is 0. The number of rotatable bonds is 5. The molecule has 0 heterocycles. The molecular weight excluding hydrogens is 366 g/mol. The number of halogens is 2. The molecule has 0 bridgehead atoms. The van der Waals surface area contributed by atoms with Crippen LogP contribution in [0.25, 0.3) is 0 Å². The topological polar surface area (TPSA) is 67.4 Å². The highest BCUT2D eigenvalue weighted by atomic mass is 127. The number of benzene rings is 1. The van der Waals surface area contributed by atoms with Crippen LogP contribution in [0.5, 0.6) is 0 Å². The van der Waals surface area contributed by atoms with Crippen molar-refractivity contribution in [1.29, 1.82) is 0 Å². The fraction of sp³-hybridized carbons (Fsp3) is 0.333. The van der Waals surface area contributed by atoms with Gasteiger partial charge in [0, 0.05) is 22.7 Å². The van der Waals surface area contributed by atoms with Crippen molar-refractivity contribution in [1.82, 2.24) is 5.32 Å². The molecule has 5 nitrogen and oxygen atoms in total. The van der Waals surface area contributed by atoms with Gasteiger partial charge >= 0.3 is 5.97 Å². The van der Waals surface area contributed by atoms with Gasteiger partial charge in [0.05, 0.1) is 7.11 Å². The Balaban J connectivity index is 2.70. The molecule has 0 fully saturated rings. The van der Waals surface area contributed by atoms with Crippen molar-refractivity contribution in [3.8, 4) is 0 Å². The minimum Gasteiger partial charge on any atom is -0.467 e. The van der Waals surface area contributed by atoms with Crippen LogP contribution < -0.4 is 10.6 Å². The number of esters is 1. The maximum atomic E-state index is 12.9. The minimum absolute atomic E-state index is 0.161. The summed E-state index contributed by atoms with van der Waals surface area (Å²) in [7, 11) is 1.25. The van der Waals surface area contributed by atoms with E-state index in [-0.39, 0.29) is 18.3 Å². The molecule has 0 aliphatic heterocycles. The molecule has 0 aliphatic carbocycles. The van der Waals surface area contributed by atoms with Gasteiger partial charge in [0.25, 0.3) is 0 Å². The first kappa shape index (κ1) is 15.7. The maximum absolute atomic E-state index is 12.9. The Morgan fingerprint density at radius 3 is 2.68 bits per heavy atom. The van der Waals surface area contributed by atoms with Gasteiger partial charge in [-0.3, -0.25) is 4.79 Å². The summed E-state index contributed by atoms with van der Waals surface area (Å²) in [5, 5.41) is 5.45. The van der Waals surface area contributed by atoms with E-state index < -0.39 is 12.0 Å². The standard InChI is InChI=1S/C12H14FIN2O3/c1-7(17)16-11(12(18)19-2)6-15-10-4-3-8(13)5-9(10)14/h3-5,11,15H,6H2,1-2H3,(H,16,17). The molecule has 1 atom stereocenters. The number of carbonyl (C=O) groups excluding carboxylic acids is 2. The molecule has 0 spiro atoms. The van der Waals surface area contributed by atoms with Gasteiger partial charge in [-0.25, -0.2) is 9.18 Å². The molecule has 1 aromatic carbocycles. The lowest BCUT2D eigenvalue weighted by atomic mass is 10.2. The van der Waals surface area contributed by atoms with Crippen LogP contribution in [-0.2, 0) is 14.3 Å². The smallest absolute Gasteiger partial charge is 0.330 e. The zero-order chi connectivity index (χ0) is 14.4. The van der Waals surface area contributed by atoms with Crippen LogP contribution in [0.2, 0.25) is 0 Å². The van der Waals surface area contributed by atoms with Gasteiger partial charge in [-0.2, -0.15) is 0 Å². The summed E-state index contributed by atoms with van der Waals surface area (Å²) in [5.74, 6) is -1.20. The third-order valence-electron chi connectivity index (χ3n) is 2.29. The summed E-state index contributed by atoms with van der Waals surface area (Å²) in [5.41, 5.74) is 0.682. The van der Waals surface area contributed by atoms with Gasteiger partial charge in [0.2, 0.25) is 5.91 Å². The highest BCUT2D eigenvalue weighted by Crippen LogP contribution is 2.18. The third kappa shape index (κ3) is 5.01. The molecule has 7 heteroatoms. The highest BCUT2D eigenvalue weighted by molar-refractivity contribution is 14.1. The molecule has 104 valence electrons. The molecule has 19 heavy (non-hydrogen) atoms.